The van der Waals surface area contributed by atoms with Gasteiger partial charge in [0.1, 0.15) is 0 Å². The first kappa shape index (κ1) is 7.59. The molecule has 3 aliphatic rings. The summed E-state index contributed by atoms with van der Waals surface area (Å²) in [5, 5.41) is 1.04. The first-order valence-electron chi connectivity index (χ1n) is 3.81. The number of esters is 1. The number of rotatable bonds is 2. The van der Waals surface area contributed by atoms with Gasteiger partial charge in [0.05, 0.1) is 12.5 Å². The standard InChI is InChI=1S/C8H11BrO2/c1-11-6(10)8-2-7(3-8,4-8)5-9/h2-5H2,1H3. The van der Waals surface area contributed by atoms with Crippen molar-refractivity contribution in [2.75, 3.05) is 12.4 Å². The lowest BCUT2D eigenvalue weighted by molar-refractivity contribution is -0.216. The van der Waals surface area contributed by atoms with Gasteiger partial charge >= 0.3 is 5.97 Å². The summed E-state index contributed by atoms with van der Waals surface area (Å²) in [6.45, 7) is 0. The Bertz CT molecular complexity index is 192. The summed E-state index contributed by atoms with van der Waals surface area (Å²) in [6.07, 6.45) is 3.12. The Morgan fingerprint density at radius 1 is 1.55 bits per heavy atom. The van der Waals surface area contributed by atoms with Crippen LogP contribution in [0.15, 0.2) is 0 Å². The number of carbonyl (C=O) groups excluding carboxylic acids is 1. The molecular formula is C8H11BrO2. The molecule has 3 saturated carbocycles. The highest BCUT2D eigenvalue weighted by molar-refractivity contribution is 9.09. The quantitative estimate of drug-likeness (QED) is 0.522. The molecule has 0 aromatic carbocycles. The molecule has 0 amide bonds. The normalized spacial score (nSPS) is 45.6. The molecule has 0 N–H and O–H groups in total. The van der Waals surface area contributed by atoms with Gasteiger partial charge in [0.15, 0.2) is 0 Å². The van der Waals surface area contributed by atoms with Gasteiger partial charge in [-0.1, -0.05) is 15.9 Å². The SMILES string of the molecule is COC(=O)C12CC(CBr)(C1)C2. The smallest absolute Gasteiger partial charge is 0.311 e. The molecular weight excluding hydrogens is 208 g/mol. The molecule has 0 atom stereocenters. The van der Waals surface area contributed by atoms with Gasteiger partial charge in [0.25, 0.3) is 0 Å². The summed E-state index contributed by atoms with van der Waals surface area (Å²) in [7, 11) is 1.48. The third-order valence-corrected chi connectivity index (χ3v) is 4.23. The topological polar surface area (TPSA) is 26.3 Å². The van der Waals surface area contributed by atoms with E-state index in [1.165, 1.54) is 7.11 Å². The lowest BCUT2D eigenvalue weighted by Gasteiger charge is -2.68. The summed E-state index contributed by atoms with van der Waals surface area (Å²) in [6, 6.07) is 0. The molecule has 3 heteroatoms. The van der Waals surface area contributed by atoms with Gasteiger partial charge in [-0.2, -0.15) is 0 Å². The fourth-order valence-corrected chi connectivity index (χ4v) is 3.17. The van der Waals surface area contributed by atoms with Gasteiger partial charge in [-0.25, -0.2) is 0 Å². The van der Waals surface area contributed by atoms with Crippen LogP contribution < -0.4 is 0 Å². The molecule has 3 rings (SSSR count). The van der Waals surface area contributed by atoms with E-state index in [1.807, 2.05) is 0 Å². The Kier molecular flexibility index (Phi) is 1.38. The second-order valence-corrected chi connectivity index (χ2v) is 4.50. The van der Waals surface area contributed by atoms with Crippen LogP contribution in [-0.4, -0.2) is 18.4 Å². The van der Waals surface area contributed by atoms with E-state index in [1.54, 1.807) is 0 Å². The minimum Gasteiger partial charge on any atom is -0.469 e. The van der Waals surface area contributed by atoms with Crippen molar-refractivity contribution < 1.29 is 9.53 Å². The molecule has 0 saturated heterocycles. The molecule has 11 heavy (non-hydrogen) atoms. The van der Waals surface area contributed by atoms with Gasteiger partial charge in [-0.05, 0) is 24.7 Å². The van der Waals surface area contributed by atoms with E-state index in [9.17, 15) is 4.79 Å². The molecule has 3 aliphatic carbocycles. The highest BCUT2D eigenvalue weighted by Gasteiger charge is 2.71. The number of ether oxygens (including phenoxy) is 1. The predicted molar refractivity (Wildman–Crippen MR) is 44.5 cm³/mol. The molecule has 0 aromatic heterocycles. The van der Waals surface area contributed by atoms with Gasteiger partial charge < -0.3 is 4.74 Å². The van der Waals surface area contributed by atoms with Crippen LogP contribution in [0.3, 0.4) is 0 Å². The summed E-state index contributed by atoms with van der Waals surface area (Å²) < 4.78 is 4.73. The zero-order valence-electron chi connectivity index (χ0n) is 6.52. The van der Waals surface area contributed by atoms with Crippen LogP contribution in [0.2, 0.25) is 0 Å². The zero-order valence-corrected chi connectivity index (χ0v) is 8.11. The molecule has 2 nitrogen and oxygen atoms in total. The lowest BCUT2D eigenvalue weighted by Crippen LogP contribution is -2.66. The second kappa shape index (κ2) is 2.00. The number of methoxy groups -OCH3 is 1. The third kappa shape index (κ3) is 0.750. The highest BCUT2D eigenvalue weighted by Crippen LogP contribution is 2.74. The lowest BCUT2D eigenvalue weighted by atomic mass is 9.36. The van der Waals surface area contributed by atoms with Crippen LogP contribution in [0.1, 0.15) is 19.3 Å². The molecule has 62 valence electrons. The maximum atomic E-state index is 11.2. The van der Waals surface area contributed by atoms with E-state index in [2.05, 4.69) is 15.9 Å². The van der Waals surface area contributed by atoms with Crippen molar-refractivity contribution in [2.45, 2.75) is 19.3 Å². The van der Waals surface area contributed by atoms with E-state index in [0.29, 0.717) is 5.41 Å². The minimum absolute atomic E-state index is 0.000301. The Morgan fingerprint density at radius 3 is 2.45 bits per heavy atom. The Balaban J connectivity index is 1.99. The third-order valence-electron chi connectivity index (χ3n) is 3.04. The maximum absolute atomic E-state index is 11.2. The molecule has 0 radical (unpaired) electrons. The van der Waals surface area contributed by atoms with Gasteiger partial charge in [0.2, 0.25) is 0 Å². The average molecular weight is 219 g/mol. The van der Waals surface area contributed by atoms with Crippen molar-refractivity contribution in [2.24, 2.45) is 10.8 Å². The molecule has 2 bridgehead atoms. The summed E-state index contributed by atoms with van der Waals surface area (Å²) in [5.41, 5.74) is 0.413. The van der Waals surface area contributed by atoms with Crippen molar-refractivity contribution in [3.8, 4) is 0 Å². The van der Waals surface area contributed by atoms with Crippen LogP contribution in [0.25, 0.3) is 0 Å². The largest absolute Gasteiger partial charge is 0.469 e. The highest BCUT2D eigenvalue weighted by atomic mass is 79.9. The van der Waals surface area contributed by atoms with E-state index in [-0.39, 0.29) is 11.4 Å². The van der Waals surface area contributed by atoms with Crippen molar-refractivity contribution >= 4 is 21.9 Å². The number of alkyl halides is 1. The second-order valence-electron chi connectivity index (χ2n) is 3.94. The monoisotopic (exact) mass is 218 g/mol. The number of carbonyl (C=O) groups is 1. The molecule has 0 aliphatic heterocycles. The molecule has 0 unspecified atom stereocenters. The van der Waals surface area contributed by atoms with Crippen LogP contribution in [0.4, 0.5) is 0 Å². The number of halogens is 1. The van der Waals surface area contributed by atoms with Crippen molar-refractivity contribution in [3.63, 3.8) is 0 Å². The first-order valence-corrected chi connectivity index (χ1v) is 4.93. The van der Waals surface area contributed by atoms with Gasteiger partial charge in [-0.15, -0.1) is 0 Å². The van der Waals surface area contributed by atoms with Gasteiger partial charge in [-0.3, -0.25) is 4.79 Å². The van der Waals surface area contributed by atoms with E-state index < -0.39 is 0 Å². The van der Waals surface area contributed by atoms with Crippen LogP contribution in [0.5, 0.6) is 0 Å². The van der Waals surface area contributed by atoms with Crippen LogP contribution in [-0.2, 0) is 9.53 Å². The molecule has 3 fully saturated rings. The first-order chi connectivity index (χ1) is 5.16. The number of hydrogen-bond acceptors (Lipinski definition) is 2. The Hall–Kier alpha value is -0.0500. The summed E-state index contributed by atoms with van der Waals surface area (Å²) in [4.78, 5) is 11.2. The summed E-state index contributed by atoms with van der Waals surface area (Å²) in [5.74, 6) is 0.000301. The Labute approximate surface area is 74.4 Å². The fourth-order valence-electron chi connectivity index (χ4n) is 2.57. The van der Waals surface area contributed by atoms with E-state index >= 15 is 0 Å². The van der Waals surface area contributed by atoms with Crippen molar-refractivity contribution in [1.82, 2.24) is 0 Å². The Morgan fingerprint density at radius 2 is 2.09 bits per heavy atom. The van der Waals surface area contributed by atoms with E-state index in [0.717, 1.165) is 24.6 Å². The van der Waals surface area contributed by atoms with Crippen LogP contribution in [0, 0.1) is 10.8 Å². The van der Waals surface area contributed by atoms with Crippen LogP contribution >= 0.6 is 15.9 Å². The van der Waals surface area contributed by atoms with Gasteiger partial charge in [0, 0.05) is 5.33 Å². The van der Waals surface area contributed by atoms with Crippen molar-refractivity contribution in [1.29, 1.82) is 0 Å². The van der Waals surface area contributed by atoms with Crippen molar-refractivity contribution in [3.05, 3.63) is 0 Å². The number of hydrogen-bond donors (Lipinski definition) is 0. The predicted octanol–water partition coefficient (Wildman–Crippen LogP) is 1.72. The maximum Gasteiger partial charge on any atom is 0.311 e. The molecule has 0 spiro atoms. The zero-order chi connectivity index (χ0) is 8.11. The average Bonchev–Trinajstić information content (AvgIpc) is 1.83. The molecule has 0 aromatic rings. The molecule has 0 heterocycles. The summed E-state index contributed by atoms with van der Waals surface area (Å²) >= 11 is 3.46. The minimum atomic E-state index is -0.0531. The van der Waals surface area contributed by atoms with E-state index in [4.69, 9.17) is 4.74 Å². The fraction of sp³-hybridized carbons (Fsp3) is 0.875.